The lowest BCUT2D eigenvalue weighted by atomic mass is 10.1. The van der Waals surface area contributed by atoms with E-state index in [2.05, 4.69) is 64.4 Å². The van der Waals surface area contributed by atoms with Crippen LogP contribution in [0.2, 0.25) is 0 Å². The van der Waals surface area contributed by atoms with Gasteiger partial charge >= 0.3 is 0 Å². The average molecular weight is 398 g/mol. The molecule has 2 aromatic carbocycles. The highest BCUT2D eigenvalue weighted by atomic mass is 35.5. The molecule has 0 aliphatic carbocycles. The Kier molecular flexibility index (Phi) is 6.73. The van der Waals surface area contributed by atoms with Gasteiger partial charge in [-0.2, -0.15) is 5.26 Å². The summed E-state index contributed by atoms with van der Waals surface area (Å²) in [5.41, 5.74) is 2.72. The van der Waals surface area contributed by atoms with E-state index in [9.17, 15) is 5.26 Å². The molecule has 0 atom stereocenters. The molecule has 0 radical (unpaired) electrons. The Morgan fingerprint density at radius 3 is 2.48 bits per heavy atom. The van der Waals surface area contributed by atoms with Gasteiger partial charge in [-0.05, 0) is 43.1 Å². The van der Waals surface area contributed by atoms with Crippen molar-refractivity contribution >= 4 is 39.5 Å². The predicted octanol–water partition coefficient (Wildman–Crippen LogP) is 4.95. The molecule has 5 heteroatoms. The molecule has 0 unspecified atom stereocenters. The molecular weight excluding hydrogens is 374 g/mol. The fourth-order valence-corrected chi connectivity index (χ4v) is 4.62. The van der Waals surface area contributed by atoms with Crippen molar-refractivity contribution in [3.05, 3.63) is 65.0 Å². The lowest BCUT2D eigenvalue weighted by Crippen LogP contribution is -2.46. The summed E-state index contributed by atoms with van der Waals surface area (Å²) in [5.74, 6) is 0. The minimum absolute atomic E-state index is 0. The SMILES string of the molecule is Cl.N#Cc1cc2c(N3CCN(CCCc4ccccc4)CC3)cccc2s1. The number of nitrogens with zero attached hydrogens (tertiary/aromatic N) is 3. The minimum Gasteiger partial charge on any atom is -0.368 e. The van der Waals surface area contributed by atoms with Gasteiger partial charge in [0.1, 0.15) is 10.9 Å². The molecule has 1 aliphatic heterocycles. The lowest BCUT2D eigenvalue weighted by molar-refractivity contribution is 0.255. The van der Waals surface area contributed by atoms with Gasteiger partial charge < -0.3 is 4.90 Å². The molecule has 1 fully saturated rings. The molecule has 140 valence electrons. The second-order valence-electron chi connectivity index (χ2n) is 6.83. The molecule has 0 N–H and O–H groups in total. The third kappa shape index (κ3) is 4.62. The Morgan fingerprint density at radius 2 is 1.74 bits per heavy atom. The predicted molar refractivity (Wildman–Crippen MR) is 117 cm³/mol. The molecular formula is C22H24ClN3S. The number of hydrogen-bond acceptors (Lipinski definition) is 4. The van der Waals surface area contributed by atoms with E-state index in [0.717, 1.165) is 37.5 Å². The number of piperazine rings is 1. The number of aryl methyl sites for hydroxylation is 1. The van der Waals surface area contributed by atoms with Crippen LogP contribution >= 0.6 is 23.7 Å². The normalized spacial score (nSPS) is 14.7. The Labute approximate surface area is 171 Å². The van der Waals surface area contributed by atoms with Gasteiger partial charge in [0.15, 0.2) is 0 Å². The first-order valence-corrected chi connectivity index (χ1v) is 10.1. The van der Waals surface area contributed by atoms with E-state index in [4.69, 9.17) is 0 Å². The van der Waals surface area contributed by atoms with Crippen molar-refractivity contribution in [1.29, 1.82) is 5.26 Å². The Balaban J connectivity index is 0.00000210. The van der Waals surface area contributed by atoms with E-state index in [1.807, 2.05) is 6.07 Å². The van der Waals surface area contributed by atoms with E-state index in [1.165, 1.54) is 34.3 Å². The van der Waals surface area contributed by atoms with Gasteiger partial charge in [0.2, 0.25) is 0 Å². The monoisotopic (exact) mass is 397 g/mol. The maximum atomic E-state index is 9.18. The molecule has 0 bridgehead atoms. The smallest absolute Gasteiger partial charge is 0.110 e. The summed E-state index contributed by atoms with van der Waals surface area (Å²) in [6.07, 6.45) is 2.38. The van der Waals surface area contributed by atoms with Crippen molar-refractivity contribution in [1.82, 2.24) is 4.90 Å². The van der Waals surface area contributed by atoms with Crippen LogP contribution in [0.5, 0.6) is 0 Å². The summed E-state index contributed by atoms with van der Waals surface area (Å²) in [7, 11) is 0. The van der Waals surface area contributed by atoms with E-state index in [0.29, 0.717) is 0 Å². The van der Waals surface area contributed by atoms with Crippen molar-refractivity contribution in [3.8, 4) is 6.07 Å². The number of anilines is 1. The largest absolute Gasteiger partial charge is 0.368 e. The summed E-state index contributed by atoms with van der Waals surface area (Å²) < 4.78 is 1.21. The van der Waals surface area contributed by atoms with Crippen molar-refractivity contribution in [2.24, 2.45) is 0 Å². The summed E-state index contributed by atoms with van der Waals surface area (Å²) in [4.78, 5) is 5.85. The van der Waals surface area contributed by atoms with Crippen LogP contribution in [-0.2, 0) is 6.42 Å². The molecule has 0 spiro atoms. The molecule has 3 aromatic rings. The van der Waals surface area contributed by atoms with Crippen LogP contribution in [0.25, 0.3) is 10.1 Å². The van der Waals surface area contributed by atoms with Gasteiger partial charge in [-0.15, -0.1) is 23.7 Å². The highest BCUT2D eigenvalue weighted by molar-refractivity contribution is 7.19. The number of benzene rings is 2. The molecule has 3 nitrogen and oxygen atoms in total. The van der Waals surface area contributed by atoms with Crippen LogP contribution in [0.4, 0.5) is 5.69 Å². The Hall–Kier alpha value is -2.06. The molecule has 0 saturated carbocycles. The first-order valence-electron chi connectivity index (χ1n) is 9.27. The minimum atomic E-state index is 0. The van der Waals surface area contributed by atoms with Gasteiger partial charge in [-0.3, -0.25) is 4.90 Å². The number of halogens is 1. The second kappa shape index (κ2) is 9.23. The van der Waals surface area contributed by atoms with Gasteiger partial charge in [-0.25, -0.2) is 0 Å². The lowest BCUT2D eigenvalue weighted by Gasteiger charge is -2.36. The van der Waals surface area contributed by atoms with E-state index < -0.39 is 0 Å². The molecule has 1 aliphatic rings. The highest BCUT2D eigenvalue weighted by Crippen LogP contribution is 2.33. The first kappa shape index (κ1) is 19.7. The van der Waals surface area contributed by atoms with Gasteiger partial charge in [0.05, 0.1) is 0 Å². The number of rotatable bonds is 5. The molecule has 0 amide bonds. The number of thiophene rings is 1. The Bertz CT molecular complexity index is 908. The van der Waals surface area contributed by atoms with Crippen LogP contribution in [0.1, 0.15) is 16.9 Å². The number of nitriles is 1. The third-order valence-electron chi connectivity index (χ3n) is 5.14. The van der Waals surface area contributed by atoms with Crippen LogP contribution in [-0.4, -0.2) is 37.6 Å². The average Bonchev–Trinajstić information content (AvgIpc) is 3.13. The summed E-state index contributed by atoms with van der Waals surface area (Å²) in [6.45, 7) is 5.51. The fourth-order valence-electron chi connectivity index (χ4n) is 3.74. The van der Waals surface area contributed by atoms with Crippen molar-refractivity contribution in [2.75, 3.05) is 37.6 Å². The maximum Gasteiger partial charge on any atom is 0.110 e. The zero-order chi connectivity index (χ0) is 17.8. The van der Waals surface area contributed by atoms with E-state index in [1.54, 1.807) is 11.3 Å². The second-order valence-corrected chi connectivity index (χ2v) is 7.91. The third-order valence-corrected chi connectivity index (χ3v) is 6.15. The van der Waals surface area contributed by atoms with E-state index >= 15 is 0 Å². The van der Waals surface area contributed by atoms with Crippen molar-refractivity contribution < 1.29 is 0 Å². The first-order chi connectivity index (χ1) is 12.8. The van der Waals surface area contributed by atoms with Crippen LogP contribution in [0.3, 0.4) is 0 Å². The topological polar surface area (TPSA) is 30.3 Å². The van der Waals surface area contributed by atoms with Crippen LogP contribution in [0, 0.1) is 11.3 Å². The zero-order valence-corrected chi connectivity index (χ0v) is 16.9. The standard InChI is InChI=1S/C22H23N3S.ClH/c23-17-19-16-20-21(9-4-10-22(20)26-19)25-14-12-24(13-15-25)11-5-8-18-6-2-1-3-7-18;/h1-4,6-7,9-10,16H,5,8,11-15H2;1H. The fraction of sp³-hybridized carbons (Fsp3) is 0.318. The quantitative estimate of drug-likeness (QED) is 0.610. The van der Waals surface area contributed by atoms with Gasteiger partial charge in [0, 0.05) is 42.0 Å². The molecule has 1 aromatic heterocycles. The summed E-state index contributed by atoms with van der Waals surface area (Å²) >= 11 is 1.59. The van der Waals surface area contributed by atoms with Gasteiger partial charge in [0.25, 0.3) is 0 Å². The van der Waals surface area contributed by atoms with Crippen molar-refractivity contribution in [2.45, 2.75) is 12.8 Å². The molecule has 1 saturated heterocycles. The number of fused-ring (bicyclic) bond motifs is 1. The zero-order valence-electron chi connectivity index (χ0n) is 15.3. The molecule has 2 heterocycles. The summed E-state index contributed by atoms with van der Waals surface area (Å²) in [6, 6.07) is 21.5. The maximum absolute atomic E-state index is 9.18. The summed E-state index contributed by atoms with van der Waals surface area (Å²) in [5, 5.41) is 10.4. The Morgan fingerprint density at radius 1 is 0.963 bits per heavy atom. The van der Waals surface area contributed by atoms with Crippen LogP contribution < -0.4 is 4.90 Å². The molecule has 27 heavy (non-hydrogen) atoms. The molecule has 4 rings (SSSR count). The highest BCUT2D eigenvalue weighted by Gasteiger charge is 2.19. The van der Waals surface area contributed by atoms with Crippen LogP contribution in [0.15, 0.2) is 54.6 Å². The van der Waals surface area contributed by atoms with Crippen molar-refractivity contribution in [3.63, 3.8) is 0 Å². The number of hydrogen-bond donors (Lipinski definition) is 0. The van der Waals surface area contributed by atoms with E-state index in [-0.39, 0.29) is 12.4 Å². The van der Waals surface area contributed by atoms with Gasteiger partial charge in [-0.1, -0.05) is 36.4 Å².